The highest BCUT2D eigenvalue weighted by Crippen LogP contribution is 2.14. The van der Waals surface area contributed by atoms with E-state index in [1.807, 2.05) is 0 Å². The Balaban J connectivity index is 2.36. The summed E-state index contributed by atoms with van der Waals surface area (Å²) in [6.45, 7) is 6.46. The molecule has 15 heavy (non-hydrogen) atoms. The molecule has 0 spiro atoms. The monoisotopic (exact) mass is 223 g/mol. The molecule has 0 saturated carbocycles. The minimum atomic E-state index is 0.621. The molecule has 0 bridgehead atoms. The lowest BCUT2D eigenvalue weighted by Gasteiger charge is -2.07. The second kappa shape index (κ2) is 6.91. The Labute approximate surface area is 98.7 Å². The van der Waals surface area contributed by atoms with Crippen LogP contribution in [-0.2, 0) is 6.54 Å². The lowest BCUT2D eigenvalue weighted by molar-refractivity contribution is 0.679. The largest absolute Gasteiger partial charge is 0.313 e. The number of benzene rings is 1. The predicted molar refractivity (Wildman–Crippen MR) is 70.7 cm³/mol. The van der Waals surface area contributed by atoms with Gasteiger partial charge in [-0.3, -0.25) is 0 Å². The van der Waals surface area contributed by atoms with Crippen LogP contribution in [0.2, 0.25) is 0 Å². The zero-order valence-corrected chi connectivity index (χ0v) is 10.6. The fraction of sp³-hybridized carbons (Fsp3) is 0.538. The Morgan fingerprint density at radius 1 is 1.20 bits per heavy atom. The van der Waals surface area contributed by atoms with Crippen molar-refractivity contribution >= 4 is 12.6 Å². The van der Waals surface area contributed by atoms with E-state index in [9.17, 15) is 0 Å². The molecule has 0 unspecified atom stereocenters. The molecule has 0 atom stereocenters. The molecule has 1 nitrogen and oxygen atoms in total. The van der Waals surface area contributed by atoms with E-state index in [-0.39, 0.29) is 0 Å². The maximum Gasteiger partial charge on any atom is 0.0205 e. The standard InChI is InChI=1S/C13H21NS/c1-11(2)13-6-4-12(5-7-13)10-14-8-3-9-15/h4-7,11,14-15H,3,8-10H2,1-2H3. The molecular formula is C13H21NS. The van der Waals surface area contributed by atoms with Crippen molar-refractivity contribution in [1.82, 2.24) is 5.32 Å². The van der Waals surface area contributed by atoms with Crippen LogP contribution in [0.15, 0.2) is 24.3 Å². The highest BCUT2D eigenvalue weighted by molar-refractivity contribution is 7.80. The molecule has 0 amide bonds. The van der Waals surface area contributed by atoms with Crippen molar-refractivity contribution in [2.75, 3.05) is 12.3 Å². The molecule has 2 heteroatoms. The first-order chi connectivity index (χ1) is 7.24. The summed E-state index contributed by atoms with van der Waals surface area (Å²) in [6, 6.07) is 8.87. The third kappa shape index (κ3) is 4.72. The van der Waals surface area contributed by atoms with Crippen LogP contribution in [0.3, 0.4) is 0 Å². The first kappa shape index (κ1) is 12.6. The van der Waals surface area contributed by atoms with Gasteiger partial charge in [-0.25, -0.2) is 0 Å². The van der Waals surface area contributed by atoms with E-state index in [1.54, 1.807) is 0 Å². The predicted octanol–water partition coefficient (Wildman–Crippen LogP) is 3.22. The number of thiol groups is 1. The Morgan fingerprint density at radius 3 is 2.40 bits per heavy atom. The maximum absolute atomic E-state index is 4.18. The summed E-state index contributed by atoms with van der Waals surface area (Å²) < 4.78 is 0. The van der Waals surface area contributed by atoms with Gasteiger partial charge in [-0.1, -0.05) is 38.1 Å². The normalized spacial score (nSPS) is 10.9. The molecule has 1 N–H and O–H groups in total. The molecule has 1 aromatic rings. The Bertz CT molecular complexity index is 266. The molecule has 0 aliphatic rings. The van der Waals surface area contributed by atoms with Gasteiger partial charge in [0.1, 0.15) is 0 Å². The van der Waals surface area contributed by atoms with Gasteiger partial charge in [0, 0.05) is 6.54 Å². The van der Waals surface area contributed by atoms with Gasteiger partial charge in [-0.2, -0.15) is 12.6 Å². The third-order valence-corrected chi connectivity index (χ3v) is 2.80. The molecule has 84 valence electrons. The van der Waals surface area contributed by atoms with Crippen LogP contribution in [0.1, 0.15) is 37.3 Å². The third-order valence-electron chi connectivity index (χ3n) is 2.49. The highest BCUT2D eigenvalue weighted by atomic mass is 32.1. The Hall–Kier alpha value is -0.470. The Kier molecular flexibility index (Phi) is 5.81. The van der Waals surface area contributed by atoms with Gasteiger partial charge in [0.25, 0.3) is 0 Å². The van der Waals surface area contributed by atoms with Gasteiger partial charge >= 0.3 is 0 Å². The van der Waals surface area contributed by atoms with Crippen LogP contribution in [0.4, 0.5) is 0 Å². The molecular weight excluding hydrogens is 202 g/mol. The van der Waals surface area contributed by atoms with E-state index in [0.29, 0.717) is 5.92 Å². The first-order valence-electron chi connectivity index (χ1n) is 5.64. The number of hydrogen-bond donors (Lipinski definition) is 2. The smallest absolute Gasteiger partial charge is 0.0205 e. The minimum Gasteiger partial charge on any atom is -0.313 e. The summed E-state index contributed by atoms with van der Waals surface area (Å²) in [4.78, 5) is 0. The van der Waals surface area contributed by atoms with Crippen LogP contribution in [-0.4, -0.2) is 12.3 Å². The fourth-order valence-electron chi connectivity index (χ4n) is 1.46. The summed E-state index contributed by atoms with van der Waals surface area (Å²) >= 11 is 4.18. The van der Waals surface area contributed by atoms with Crippen LogP contribution < -0.4 is 5.32 Å². The minimum absolute atomic E-state index is 0.621. The molecule has 1 rings (SSSR count). The summed E-state index contributed by atoms with van der Waals surface area (Å²) in [5, 5.41) is 3.40. The van der Waals surface area contributed by atoms with Crippen molar-refractivity contribution in [3.05, 3.63) is 35.4 Å². The van der Waals surface area contributed by atoms with Gasteiger partial charge < -0.3 is 5.32 Å². The highest BCUT2D eigenvalue weighted by Gasteiger charge is 1.98. The van der Waals surface area contributed by atoms with Crippen LogP contribution >= 0.6 is 12.6 Å². The molecule has 1 aromatic carbocycles. The number of nitrogens with one attached hydrogen (secondary N) is 1. The zero-order chi connectivity index (χ0) is 11.1. The van der Waals surface area contributed by atoms with Gasteiger partial charge in [-0.15, -0.1) is 0 Å². The summed E-state index contributed by atoms with van der Waals surface area (Å²) in [5.74, 6) is 1.58. The molecule has 0 aliphatic heterocycles. The van der Waals surface area contributed by atoms with E-state index in [1.165, 1.54) is 11.1 Å². The summed E-state index contributed by atoms with van der Waals surface area (Å²) in [5.41, 5.74) is 2.77. The molecule has 0 radical (unpaired) electrons. The average molecular weight is 223 g/mol. The second-order valence-electron chi connectivity index (χ2n) is 4.15. The van der Waals surface area contributed by atoms with E-state index >= 15 is 0 Å². The van der Waals surface area contributed by atoms with Crippen molar-refractivity contribution in [1.29, 1.82) is 0 Å². The molecule has 0 aliphatic carbocycles. The summed E-state index contributed by atoms with van der Waals surface area (Å²) in [6.07, 6.45) is 1.13. The van der Waals surface area contributed by atoms with Crippen molar-refractivity contribution < 1.29 is 0 Å². The molecule has 0 saturated heterocycles. The summed E-state index contributed by atoms with van der Waals surface area (Å²) in [7, 11) is 0. The van der Waals surface area contributed by atoms with Crippen molar-refractivity contribution in [2.45, 2.75) is 32.7 Å². The van der Waals surface area contributed by atoms with E-state index < -0.39 is 0 Å². The fourth-order valence-corrected chi connectivity index (χ4v) is 1.62. The van der Waals surface area contributed by atoms with Crippen LogP contribution in [0.5, 0.6) is 0 Å². The Morgan fingerprint density at radius 2 is 1.87 bits per heavy atom. The van der Waals surface area contributed by atoms with Gasteiger partial charge in [-0.05, 0) is 35.8 Å². The van der Waals surface area contributed by atoms with Crippen LogP contribution in [0.25, 0.3) is 0 Å². The van der Waals surface area contributed by atoms with Gasteiger partial charge in [0.2, 0.25) is 0 Å². The zero-order valence-electron chi connectivity index (χ0n) is 9.66. The first-order valence-corrected chi connectivity index (χ1v) is 6.27. The van der Waals surface area contributed by atoms with Gasteiger partial charge in [0.05, 0.1) is 0 Å². The maximum atomic E-state index is 4.18. The molecule has 0 fully saturated rings. The SMILES string of the molecule is CC(C)c1ccc(CNCCCS)cc1. The second-order valence-corrected chi connectivity index (χ2v) is 4.60. The van der Waals surface area contributed by atoms with Crippen molar-refractivity contribution in [2.24, 2.45) is 0 Å². The number of rotatable bonds is 6. The topological polar surface area (TPSA) is 12.0 Å². The average Bonchev–Trinajstić information content (AvgIpc) is 2.25. The lowest BCUT2D eigenvalue weighted by Crippen LogP contribution is -2.14. The lowest BCUT2D eigenvalue weighted by atomic mass is 10.0. The quantitative estimate of drug-likeness (QED) is 0.557. The van der Waals surface area contributed by atoms with E-state index in [2.05, 4.69) is 56.1 Å². The van der Waals surface area contributed by atoms with Crippen molar-refractivity contribution in [3.63, 3.8) is 0 Å². The molecule has 0 heterocycles. The van der Waals surface area contributed by atoms with Crippen molar-refractivity contribution in [3.8, 4) is 0 Å². The van der Waals surface area contributed by atoms with E-state index in [0.717, 1.165) is 25.3 Å². The van der Waals surface area contributed by atoms with Crippen LogP contribution in [0, 0.1) is 0 Å². The van der Waals surface area contributed by atoms with E-state index in [4.69, 9.17) is 0 Å². The molecule has 0 aromatic heterocycles. The number of hydrogen-bond acceptors (Lipinski definition) is 2. The van der Waals surface area contributed by atoms with Gasteiger partial charge in [0.15, 0.2) is 0 Å².